The Morgan fingerprint density at radius 2 is 2.25 bits per heavy atom. The van der Waals surface area contributed by atoms with E-state index in [1.54, 1.807) is 6.07 Å². The van der Waals surface area contributed by atoms with Crippen LogP contribution >= 0.6 is 11.8 Å². The maximum absolute atomic E-state index is 12.4. The molecule has 20 heavy (non-hydrogen) atoms. The maximum Gasteiger partial charge on any atom is 0.252 e. The van der Waals surface area contributed by atoms with Crippen molar-refractivity contribution in [2.45, 2.75) is 50.0 Å². The van der Waals surface area contributed by atoms with Crippen molar-refractivity contribution in [1.82, 2.24) is 5.32 Å². The Hall–Kier alpha value is -1.47. The third kappa shape index (κ3) is 3.77. The summed E-state index contributed by atoms with van der Waals surface area (Å²) in [6.07, 6.45) is 5.81. The van der Waals surface area contributed by atoms with E-state index in [0.717, 1.165) is 35.4 Å². The average Bonchev–Trinajstić information content (AvgIpc) is 2.48. The molecule has 1 amide bonds. The maximum atomic E-state index is 12.4. The third-order valence-corrected chi connectivity index (χ3v) is 4.65. The minimum atomic E-state index is -0.0508. The zero-order valence-electron chi connectivity index (χ0n) is 11.8. The van der Waals surface area contributed by atoms with E-state index in [0.29, 0.717) is 5.56 Å². The van der Waals surface area contributed by atoms with Gasteiger partial charge in [-0.1, -0.05) is 38.3 Å². The first-order chi connectivity index (χ1) is 9.74. The van der Waals surface area contributed by atoms with Crippen molar-refractivity contribution in [2.24, 2.45) is 5.92 Å². The number of carbonyl (C=O) groups is 1. The van der Waals surface area contributed by atoms with Crippen LogP contribution in [0.2, 0.25) is 0 Å². The fraction of sp³-hybridized carbons (Fsp3) is 0.500. The lowest BCUT2D eigenvalue weighted by molar-refractivity contribution is 0.0916. The highest BCUT2D eigenvalue weighted by molar-refractivity contribution is 8.03. The molecule has 2 atom stereocenters. The Labute approximate surface area is 124 Å². The molecule has 1 N–H and O–H groups in total. The predicted octanol–water partition coefficient (Wildman–Crippen LogP) is 3.96. The van der Waals surface area contributed by atoms with Gasteiger partial charge in [0.2, 0.25) is 0 Å². The number of thiocyanates is 1. The molecule has 1 aliphatic rings. The van der Waals surface area contributed by atoms with Crippen molar-refractivity contribution in [1.29, 1.82) is 5.26 Å². The van der Waals surface area contributed by atoms with Gasteiger partial charge in [-0.3, -0.25) is 4.79 Å². The van der Waals surface area contributed by atoms with Gasteiger partial charge in [0, 0.05) is 10.9 Å². The fourth-order valence-corrected chi connectivity index (χ4v) is 3.36. The molecule has 2 unspecified atom stereocenters. The molecule has 0 aromatic heterocycles. The number of hydrogen-bond donors (Lipinski definition) is 1. The molecular formula is C16H20N2OS. The Morgan fingerprint density at radius 3 is 3.00 bits per heavy atom. The monoisotopic (exact) mass is 288 g/mol. The van der Waals surface area contributed by atoms with Crippen LogP contribution in [0, 0.1) is 16.6 Å². The van der Waals surface area contributed by atoms with Gasteiger partial charge < -0.3 is 5.32 Å². The van der Waals surface area contributed by atoms with Crippen molar-refractivity contribution in [3.8, 4) is 5.40 Å². The second-order valence-electron chi connectivity index (χ2n) is 5.30. The van der Waals surface area contributed by atoms with E-state index < -0.39 is 0 Å². The molecule has 1 aromatic carbocycles. The predicted molar refractivity (Wildman–Crippen MR) is 81.4 cm³/mol. The molecule has 0 radical (unpaired) electrons. The van der Waals surface area contributed by atoms with E-state index >= 15 is 0 Å². The van der Waals surface area contributed by atoms with Crippen LogP contribution in [0.4, 0.5) is 0 Å². The van der Waals surface area contributed by atoms with Gasteiger partial charge >= 0.3 is 0 Å². The molecule has 2 rings (SSSR count). The highest BCUT2D eigenvalue weighted by Crippen LogP contribution is 2.27. The Kier molecular flexibility index (Phi) is 5.49. The van der Waals surface area contributed by atoms with E-state index in [1.807, 2.05) is 23.6 Å². The van der Waals surface area contributed by atoms with Crippen LogP contribution in [0.15, 0.2) is 29.2 Å². The Balaban J connectivity index is 2.03. The van der Waals surface area contributed by atoms with Gasteiger partial charge in [0.1, 0.15) is 5.40 Å². The van der Waals surface area contributed by atoms with Gasteiger partial charge in [-0.05, 0) is 42.7 Å². The lowest BCUT2D eigenvalue weighted by Crippen LogP contribution is -2.38. The zero-order chi connectivity index (χ0) is 14.4. The molecule has 4 heteroatoms. The Bertz CT molecular complexity index is 509. The first-order valence-corrected chi connectivity index (χ1v) is 8.02. The van der Waals surface area contributed by atoms with Crippen molar-refractivity contribution in [2.75, 3.05) is 0 Å². The third-order valence-electron chi connectivity index (χ3n) is 3.98. The summed E-state index contributed by atoms with van der Waals surface area (Å²) in [6, 6.07) is 7.57. The minimum Gasteiger partial charge on any atom is -0.349 e. The van der Waals surface area contributed by atoms with E-state index in [-0.39, 0.29) is 11.9 Å². The van der Waals surface area contributed by atoms with Crippen LogP contribution in [-0.2, 0) is 0 Å². The lowest BCUT2D eigenvalue weighted by Gasteiger charge is -2.29. The average molecular weight is 288 g/mol. The van der Waals surface area contributed by atoms with Crippen molar-refractivity contribution >= 4 is 17.7 Å². The summed E-state index contributed by atoms with van der Waals surface area (Å²) >= 11 is 1.04. The van der Waals surface area contributed by atoms with Crippen LogP contribution in [0.1, 0.15) is 49.4 Å². The molecule has 1 aliphatic carbocycles. The highest BCUT2D eigenvalue weighted by Gasteiger charge is 2.23. The van der Waals surface area contributed by atoms with Gasteiger partial charge in [-0.2, -0.15) is 5.26 Å². The van der Waals surface area contributed by atoms with Gasteiger partial charge in [-0.15, -0.1) is 0 Å². The van der Waals surface area contributed by atoms with Crippen LogP contribution in [0.3, 0.4) is 0 Å². The number of thioether (sulfide) groups is 1. The summed E-state index contributed by atoms with van der Waals surface area (Å²) in [5.74, 6) is 0.683. The summed E-state index contributed by atoms with van der Waals surface area (Å²) in [5.41, 5.74) is 0.609. The Morgan fingerprint density at radius 1 is 1.45 bits per heavy atom. The van der Waals surface area contributed by atoms with Crippen molar-refractivity contribution in [3.63, 3.8) is 0 Å². The molecule has 0 aliphatic heterocycles. The molecule has 0 spiro atoms. The summed E-state index contributed by atoms with van der Waals surface area (Å²) in [6.45, 7) is 2.22. The molecular weight excluding hydrogens is 268 g/mol. The van der Waals surface area contributed by atoms with E-state index in [2.05, 4.69) is 12.2 Å². The SMILES string of the molecule is CCC1CCCC(NC(=O)c2ccccc2SC#N)C1. The number of nitrogens with one attached hydrogen (secondary N) is 1. The first kappa shape index (κ1) is 14.9. The fourth-order valence-electron chi connectivity index (χ4n) is 2.85. The quantitative estimate of drug-likeness (QED) is 0.674. The van der Waals surface area contributed by atoms with Crippen LogP contribution in [0.5, 0.6) is 0 Å². The molecule has 0 saturated heterocycles. The number of rotatable bonds is 4. The summed E-state index contributed by atoms with van der Waals surface area (Å²) < 4.78 is 0. The number of nitrogens with zero attached hydrogens (tertiary/aromatic N) is 1. The van der Waals surface area contributed by atoms with Crippen LogP contribution in [-0.4, -0.2) is 11.9 Å². The van der Waals surface area contributed by atoms with Crippen LogP contribution in [0.25, 0.3) is 0 Å². The van der Waals surface area contributed by atoms with Gasteiger partial charge in [-0.25, -0.2) is 0 Å². The first-order valence-electron chi connectivity index (χ1n) is 7.20. The molecule has 0 bridgehead atoms. The van der Waals surface area contributed by atoms with Gasteiger partial charge in [0.25, 0.3) is 5.91 Å². The second-order valence-corrected chi connectivity index (χ2v) is 6.13. The number of hydrogen-bond acceptors (Lipinski definition) is 3. The smallest absolute Gasteiger partial charge is 0.252 e. The van der Waals surface area contributed by atoms with E-state index in [9.17, 15) is 4.79 Å². The largest absolute Gasteiger partial charge is 0.349 e. The zero-order valence-corrected chi connectivity index (χ0v) is 12.6. The molecule has 1 aromatic rings. The minimum absolute atomic E-state index is 0.0508. The second kappa shape index (κ2) is 7.35. The normalized spacial score (nSPS) is 22.0. The standard InChI is InChI=1S/C16H20N2OS/c1-2-12-6-5-7-13(10-12)18-16(19)14-8-3-4-9-15(14)20-11-17/h3-4,8-9,12-13H,2,5-7,10H2,1H3,(H,18,19). The summed E-state index contributed by atoms with van der Waals surface area (Å²) in [5, 5.41) is 14.0. The molecule has 1 fully saturated rings. The topological polar surface area (TPSA) is 52.9 Å². The van der Waals surface area contributed by atoms with Crippen LogP contribution < -0.4 is 5.32 Å². The van der Waals surface area contributed by atoms with Gasteiger partial charge in [0.05, 0.1) is 5.56 Å². The molecule has 0 heterocycles. The molecule has 1 saturated carbocycles. The summed E-state index contributed by atoms with van der Waals surface area (Å²) in [4.78, 5) is 13.1. The molecule has 106 valence electrons. The highest BCUT2D eigenvalue weighted by atomic mass is 32.2. The summed E-state index contributed by atoms with van der Waals surface area (Å²) in [7, 11) is 0. The number of nitriles is 1. The number of amides is 1. The molecule has 3 nitrogen and oxygen atoms in total. The number of benzene rings is 1. The lowest BCUT2D eigenvalue weighted by atomic mass is 9.84. The van der Waals surface area contributed by atoms with Gasteiger partial charge in [0.15, 0.2) is 0 Å². The van der Waals surface area contributed by atoms with E-state index in [1.165, 1.54) is 19.3 Å². The number of carbonyl (C=O) groups excluding carboxylic acids is 1. The van der Waals surface area contributed by atoms with Crippen molar-refractivity contribution in [3.05, 3.63) is 29.8 Å². The van der Waals surface area contributed by atoms with Crippen molar-refractivity contribution < 1.29 is 4.79 Å². The van der Waals surface area contributed by atoms with E-state index in [4.69, 9.17) is 5.26 Å².